The summed E-state index contributed by atoms with van der Waals surface area (Å²) in [5.74, 6) is 0.443. The van der Waals surface area contributed by atoms with Gasteiger partial charge in [-0.3, -0.25) is 4.79 Å². The van der Waals surface area contributed by atoms with E-state index in [1.165, 1.54) is 0 Å². The van der Waals surface area contributed by atoms with E-state index >= 15 is 0 Å². The van der Waals surface area contributed by atoms with Gasteiger partial charge in [0.05, 0.1) is 6.10 Å². The topological polar surface area (TPSA) is 91.5 Å². The number of nitrogen functional groups attached to an aromatic ring is 1. The van der Waals surface area contributed by atoms with E-state index in [0.717, 1.165) is 55.7 Å². The Labute approximate surface area is 160 Å². The fourth-order valence-corrected chi connectivity index (χ4v) is 3.53. The lowest BCUT2D eigenvalue weighted by atomic mass is 10.0. The number of nitrogens with one attached hydrogen (secondary N) is 1. The first kappa shape index (κ1) is 19.3. The van der Waals surface area contributed by atoms with Crippen molar-refractivity contribution in [2.75, 3.05) is 31.9 Å². The van der Waals surface area contributed by atoms with Crippen LogP contribution in [-0.4, -0.2) is 53.2 Å². The first-order valence-corrected chi connectivity index (χ1v) is 9.55. The number of nitrogens with zero attached hydrogens (tertiary/aromatic N) is 2. The molecule has 2 aromatic rings. The van der Waals surface area contributed by atoms with Crippen molar-refractivity contribution in [1.82, 2.24) is 15.2 Å². The molecule has 1 aromatic heterocycles. The fraction of sp³-hybridized carbons (Fsp3) is 0.429. The van der Waals surface area contributed by atoms with Crippen LogP contribution < -0.4 is 11.1 Å². The molecule has 0 bridgehead atoms. The van der Waals surface area contributed by atoms with Gasteiger partial charge in [-0.25, -0.2) is 4.98 Å². The molecule has 1 aliphatic heterocycles. The Hall–Kier alpha value is -2.44. The van der Waals surface area contributed by atoms with Gasteiger partial charge in [0.1, 0.15) is 5.82 Å². The molecule has 1 aromatic carbocycles. The number of anilines is 1. The van der Waals surface area contributed by atoms with Gasteiger partial charge in [-0.15, -0.1) is 0 Å². The Balaban J connectivity index is 1.49. The summed E-state index contributed by atoms with van der Waals surface area (Å²) in [5.41, 5.74) is 9.25. The lowest BCUT2D eigenvalue weighted by Gasteiger charge is -2.29. The lowest BCUT2D eigenvalue weighted by Crippen LogP contribution is -2.39. The molecule has 0 aliphatic carbocycles. The largest absolute Gasteiger partial charge is 0.392 e. The van der Waals surface area contributed by atoms with Crippen molar-refractivity contribution in [3.63, 3.8) is 0 Å². The van der Waals surface area contributed by atoms with Gasteiger partial charge in [0.2, 0.25) is 0 Å². The van der Waals surface area contributed by atoms with Crippen LogP contribution in [0.25, 0.3) is 11.1 Å². The van der Waals surface area contributed by atoms with Gasteiger partial charge in [-0.1, -0.05) is 12.1 Å². The summed E-state index contributed by atoms with van der Waals surface area (Å²) in [7, 11) is 0. The molecule has 1 atom stereocenters. The van der Waals surface area contributed by atoms with E-state index in [-0.39, 0.29) is 12.0 Å². The molecular formula is C21H28N4O2. The highest BCUT2D eigenvalue weighted by atomic mass is 16.3. The minimum atomic E-state index is -0.202. The van der Waals surface area contributed by atoms with Crippen molar-refractivity contribution in [1.29, 1.82) is 0 Å². The first-order chi connectivity index (χ1) is 13.0. The standard InChI is InChI=1S/C21H28N4O2/c1-15-19(9-10-20(22)24-15)16-5-7-17(8-6-16)21(27)23-11-3-13-25-12-2-4-18(26)14-25/h5-10,18,26H,2-4,11-14H2,1H3,(H2,22,24)(H,23,27)/t18-/m1/s1. The maximum Gasteiger partial charge on any atom is 0.251 e. The minimum absolute atomic E-state index is 0.0626. The van der Waals surface area contributed by atoms with Gasteiger partial charge in [-0.2, -0.15) is 0 Å². The van der Waals surface area contributed by atoms with Gasteiger partial charge >= 0.3 is 0 Å². The third-order valence-corrected chi connectivity index (χ3v) is 4.98. The van der Waals surface area contributed by atoms with Crippen molar-refractivity contribution < 1.29 is 9.90 Å². The molecule has 27 heavy (non-hydrogen) atoms. The van der Waals surface area contributed by atoms with E-state index in [0.29, 0.717) is 17.9 Å². The summed E-state index contributed by atoms with van der Waals surface area (Å²) >= 11 is 0. The van der Waals surface area contributed by atoms with Crippen LogP contribution in [0.4, 0.5) is 5.82 Å². The molecule has 6 heteroatoms. The van der Waals surface area contributed by atoms with E-state index in [2.05, 4.69) is 15.2 Å². The van der Waals surface area contributed by atoms with Crippen LogP contribution in [0, 0.1) is 6.92 Å². The molecule has 1 amide bonds. The fourth-order valence-electron chi connectivity index (χ4n) is 3.53. The number of carbonyl (C=O) groups excluding carboxylic acids is 1. The van der Waals surface area contributed by atoms with Gasteiger partial charge in [0.15, 0.2) is 0 Å². The summed E-state index contributed by atoms with van der Waals surface area (Å²) in [4.78, 5) is 18.9. The molecule has 3 rings (SSSR count). The van der Waals surface area contributed by atoms with Gasteiger partial charge in [-0.05, 0) is 69.1 Å². The van der Waals surface area contributed by atoms with Crippen molar-refractivity contribution in [3.8, 4) is 11.1 Å². The van der Waals surface area contributed by atoms with Crippen molar-refractivity contribution in [2.45, 2.75) is 32.3 Å². The summed E-state index contributed by atoms with van der Waals surface area (Å²) < 4.78 is 0. The molecule has 144 valence electrons. The van der Waals surface area contributed by atoms with Crippen LogP contribution in [0.3, 0.4) is 0 Å². The molecule has 2 heterocycles. The average molecular weight is 368 g/mol. The van der Waals surface area contributed by atoms with Crippen LogP contribution in [-0.2, 0) is 0 Å². The Morgan fingerprint density at radius 1 is 1.30 bits per heavy atom. The third kappa shape index (κ3) is 5.28. The number of aliphatic hydroxyl groups excluding tert-OH is 1. The van der Waals surface area contributed by atoms with Crippen molar-refractivity contribution in [2.24, 2.45) is 0 Å². The summed E-state index contributed by atoms with van der Waals surface area (Å²) in [6, 6.07) is 11.3. The molecule has 1 aliphatic rings. The van der Waals surface area contributed by atoms with Gasteiger partial charge < -0.3 is 21.1 Å². The molecule has 1 saturated heterocycles. The Kier molecular flexibility index (Phi) is 6.42. The minimum Gasteiger partial charge on any atom is -0.392 e. The Morgan fingerprint density at radius 2 is 2.07 bits per heavy atom. The number of aryl methyl sites for hydroxylation is 1. The monoisotopic (exact) mass is 368 g/mol. The number of hydrogen-bond donors (Lipinski definition) is 3. The van der Waals surface area contributed by atoms with E-state index in [1.54, 1.807) is 6.07 Å². The number of pyridine rings is 1. The van der Waals surface area contributed by atoms with E-state index in [1.807, 2.05) is 37.3 Å². The second-order valence-corrected chi connectivity index (χ2v) is 7.15. The molecule has 0 saturated carbocycles. The third-order valence-electron chi connectivity index (χ3n) is 4.98. The smallest absolute Gasteiger partial charge is 0.251 e. The molecule has 6 nitrogen and oxygen atoms in total. The number of hydrogen-bond acceptors (Lipinski definition) is 5. The SMILES string of the molecule is Cc1nc(N)ccc1-c1ccc(C(=O)NCCCN2CCC[C@@H](O)C2)cc1. The highest BCUT2D eigenvalue weighted by molar-refractivity contribution is 5.94. The number of rotatable bonds is 6. The number of aliphatic hydroxyl groups is 1. The maximum absolute atomic E-state index is 12.3. The molecule has 1 fully saturated rings. The second kappa shape index (κ2) is 8.97. The Bertz CT molecular complexity index is 776. The quantitative estimate of drug-likeness (QED) is 0.680. The van der Waals surface area contributed by atoms with E-state index in [4.69, 9.17) is 5.73 Å². The highest BCUT2D eigenvalue weighted by Crippen LogP contribution is 2.23. The number of β-amino-alcohol motifs (C(OH)–C–C–N with tert-alkyl or cyclic N) is 1. The van der Waals surface area contributed by atoms with Crippen LogP contribution in [0.2, 0.25) is 0 Å². The number of nitrogens with two attached hydrogens (primary N) is 1. The van der Waals surface area contributed by atoms with Gasteiger partial charge in [0, 0.05) is 29.9 Å². The highest BCUT2D eigenvalue weighted by Gasteiger charge is 2.16. The summed E-state index contributed by atoms with van der Waals surface area (Å²) in [6.45, 7) is 5.24. The second-order valence-electron chi connectivity index (χ2n) is 7.15. The average Bonchev–Trinajstić information content (AvgIpc) is 2.65. The number of piperidine rings is 1. The summed E-state index contributed by atoms with van der Waals surface area (Å²) in [6.07, 6.45) is 2.62. The first-order valence-electron chi connectivity index (χ1n) is 9.55. The Morgan fingerprint density at radius 3 is 2.78 bits per heavy atom. The van der Waals surface area contributed by atoms with Crippen molar-refractivity contribution in [3.05, 3.63) is 47.7 Å². The zero-order chi connectivity index (χ0) is 19.2. The van der Waals surface area contributed by atoms with Crippen LogP contribution >= 0.6 is 0 Å². The molecule has 0 spiro atoms. The van der Waals surface area contributed by atoms with Crippen LogP contribution in [0.1, 0.15) is 35.3 Å². The number of carbonyl (C=O) groups is 1. The normalized spacial score (nSPS) is 17.6. The molecule has 0 radical (unpaired) electrons. The number of likely N-dealkylation sites (tertiary alicyclic amines) is 1. The number of benzene rings is 1. The molecular weight excluding hydrogens is 340 g/mol. The number of amides is 1. The van der Waals surface area contributed by atoms with E-state index < -0.39 is 0 Å². The maximum atomic E-state index is 12.3. The van der Waals surface area contributed by atoms with E-state index in [9.17, 15) is 9.90 Å². The lowest BCUT2D eigenvalue weighted by molar-refractivity contribution is 0.0697. The molecule has 4 N–H and O–H groups in total. The summed E-state index contributed by atoms with van der Waals surface area (Å²) in [5, 5.41) is 12.7. The van der Waals surface area contributed by atoms with Crippen LogP contribution in [0.5, 0.6) is 0 Å². The predicted octanol–water partition coefficient (Wildman–Crippen LogP) is 2.22. The van der Waals surface area contributed by atoms with Crippen LogP contribution in [0.15, 0.2) is 36.4 Å². The zero-order valence-corrected chi connectivity index (χ0v) is 15.8. The number of aromatic nitrogens is 1. The predicted molar refractivity (Wildman–Crippen MR) is 107 cm³/mol. The zero-order valence-electron chi connectivity index (χ0n) is 15.8. The van der Waals surface area contributed by atoms with Gasteiger partial charge in [0.25, 0.3) is 5.91 Å². The molecule has 0 unspecified atom stereocenters. The van der Waals surface area contributed by atoms with Crippen molar-refractivity contribution >= 4 is 11.7 Å².